The number of nitrogens with zero attached hydrogens (tertiary/aromatic N) is 1. The first-order valence-corrected chi connectivity index (χ1v) is 6.51. The third-order valence-electron chi connectivity index (χ3n) is 4.02. The minimum atomic E-state index is -0.235. The molecule has 2 heterocycles. The van der Waals surface area contributed by atoms with Gasteiger partial charge in [-0.05, 0) is 43.0 Å². The highest BCUT2D eigenvalue weighted by Gasteiger charge is 2.25. The second-order valence-electron chi connectivity index (χ2n) is 5.20. The lowest BCUT2D eigenvalue weighted by atomic mass is 9.93. The lowest BCUT2D eigenvalue weighted by Crippen LogP contribution is -2.37. The molecule has 2 atom stereocenters. The number of nitrogens with one attached hydrogen (secondary N) is 1. The molecule has 17 heavy (non-hydrogen) atoms. The number of fused-ring (bicyclic) bond motifs is 1. The second-order valence-corrected chi connectivity index (χ2v) is 5.20. The highest BCUT2D eigenvalue weighted by Crippen LogP contribution is 2.31. The van der Waals surface area contributed by atoms with E-state index < -0.39 is 0 Å². The molecule has 3 nitrogen and oxygen atoms in total. The molecule has 1 aromatic rings. The molecule has 0 bridgehead atoms. The first kappa shape index (κ1) is 11.1. The van der Waals surface area contributed by atoms with Crippen molar-refractivity contribution in [2.75, 3.05) is 25.0 Å². The Morgan fingerprint density at radius 1 is 1.41 bits per heavy atom. The van der Waals surface area contributed by atoms with E-state index in [0.29, 0.717) is 0 Å². The molecule has 2 aliphatic heterocycles. The van der Waals surface area contributed by atoms with Crippen LogP contribution in [0, 0.1) is 0 Å². The Hall–Kier alpha value is -1.06. The fourth-order valence-electron chi connectivity index (χ4n) is 2.99. The molecule has 1 fully saturated rings. The number of hydrogen-bond acceptors (Lipinski definition) is 3. The largest absolute Gasteiger partial charge is 0.391 e. The normalized spacial score (nSPS) is 28.2. The van der Waals surface area contributed by atoms with Crippen molar-refractivity contribution in [3.63, 3.8) is 0 Å². The van der Waals surface area contributed by atoms with Gasteiger partial charge in [-0.2, -0.15) is 0 Å². The Morgan fingerprint density at radius 3 is 3.12 bits per heavy atom. The Bertz CT molecular complexity index is 419. The van der Waals surface area contributed by atoms with Crippen LogP contribution in [-0.2, 0) is 6.42 Å². The summed E-state index contributed by atoms with van der Waals surface area (Å²) in [6.07, 6.45) is 2.88. The van der Waals surface area contributed by atoms with Crippen LogP contribution in [0.2, 0.25) is 0 Å². The van der Waals surface area contributed by atoms with Crippen LogP contribution in [0.15, 0.2) is 18.2 Å². The molecule has 3 rings (SSSR count). The van der Waals surface area contributed by atoms with E-state index in [-0.39, 0.29) is 12.1 Å². The number of piperidine rings is 1. The Morgan fingerprint density at radius 2 is 2.29 bits per heavy atom. The standard InChI is InChI=1S/C14H20N2O/c1-16-8-6-10-9-11(4-5-12(10)16)14-13(17)3-2-7-15-14/h4-5,9,13-15,17H,2-3,6-8H2,1H3. The highest BCUT2D eigenvalue weighted by molar-refractivity contribution is 5.58. The molecule has 0 amide bonds. The molecule has 2 N–H and O–H groups in total. The van der Waals surface area contributed by atoms with Crippen molar-refractivity contribution in [2.45, 2.75) is 31.4 Å². The molecular weight excluding hydrogens is 212 g/mol. The van der Waals surface area contributed by atoms with Crippen LogP contribution in [0.3, 0.4) is 0 Å². The quantitative estimate of drug-likeness (QED) is 0.769. The predicted octanol–water partition coefficient (Wildman–Crippen LogP) is 1.46. The van der Waals surface area contributed by atoms with Gasteiger partial charge in [0, 0.05) is 19.3 Å². The maximum atomic E-state index is 10.0. The number of anilines is 1. The number of benzene rings is 1. The first-order valence-electron chi connectivity index (χ1n) is 6.51. The molecule has 0 spiro atoms. The van der Waals surface area contributed by atoms with E-state index in [1.807, 2.05) is 0 Å². The van der Waals surface area contributed by atoms with Gasteiger partial charge in [0.05, 0.1) is 12.1 Å². The highest BCUT2D eigenvalue weighted by atomic mass is 16.3. The van der Waals surface area contributed by atoms with Crippen molar-refractivity contribution >= 4 is 5.69 Å². The van der Waals surface area contributed by atoms with E-state index in [9.17, 15) is 5.11 Å². The van der Waals surface area contributed by atoms with Gasteiger partial charge in [-0.1, -0.05) is 12.1 Å². The van der Waals surface area contributed by atoms with Gasteiger partial charge in [0.15, 0.2) is 0 Å². The van der Waals surface area contributed by atoms with Gasteiger partial charge in [0.1, 0.15) is 0 Å². The van der Waals surface area contributed by atoms with Gasteiger partial charge < -0.3 is 15.3 Å². The van der Waals surface area contributed by atoms with Crippen LogP contribution in [0.25, 0.3) is 0 Å². The zero-order valence-corrected chi connectivity index (χ0v) is 10.3. The molecule has 1 aromatic carbocycles. The van der Waals surface area contributed by atoms with Crippen LogP contribution in [0.5, 0.6) is 0 Å². The minimum Gasteiger partial charge on any atom is -0.391 e. The Labute approximate surface area is 102 Å². The summed E-state index contributed by atoms with van der Waals surface area (Å²) in [7, 11) is 2.14. The molecule has 2 unspecified atom stereocenters. The van der Waals surface area contributed by atoms with E-state index in [2.05, 4.69) is 35.5 Å². The van der Waals surface area contributed by atoms with Crippen molar-refractivity contribution in [3.8, 4) is 0 Å². The second kappa shape index (κ2) is 4.31. The van der Waals surface area contributed by atoms with Gasteiger partial charge >= 0.3 is 0 Å². The lowest BCUT2D eigenvalue weighted by Gasteiger charge is -2.29. The van der Waals surface area contributed by atoms with Crippen LogP contribution in [0.4, 0.5) is 5.69 Å². The van der Waals surface area contributed by atoms with Crippen LogP contribution < -0.4 is 10.2 Å². The van der Waals surface area contributed by atoms with Gasteiger partial charge in [0.2, 0.25) is 0 Å². The molecule has 92 valence electrons. The Kier molecular flexibility index (Phi) is 2.81. The van der Waals surface area contributed by atoms with Gasteiger partial charge in [0.25, 0.3) is 0 Å². The summed E-state index contributed by atoms with van der Waals surface area (Å²) in [5, 5.41) is 13.5. The minimum absolute atomic E-state index is 0.125. The summed E-state index contributed by atoms with van der Waals surface area (Å²) >= 11 is 0. The predicted molar refractivity (Wildman–Crippen MR) is 69.4 cm³/mol. The van der Waals surface area contributed by atoms with Gasteiger partial charge in [-0.15, -0.1) is 0 Å². The molecule has 0 aromatic heterocycles. The van der Waals surface area contributed by atoms with Crippen molar-refractivity contribution < 1.29 is 5.11 Å². The van der Waals surface area contributed by atoms with Gasteiger partial charge in [-0.25, -0.2) is 0 Å². The average Bonchev–Trinajstić information content (AvgIpc) is 2.71. The fourth-order valence-corrected chi connectivity index (χ4v) is 2.99. The SMILES string of the molecule is CN1CCc2cc(C3NCCCC3O)ccc21. The van der Waals surface area contributed by atoms with Crippen LogP contribution >= 0.6 is 0 Å². The van der Waals surface area contributed by atoms with E-state index in [1.165, 1.54) is 16.8 Å². The van der Waals surface area contributed by atoms with Crippen molar-refractivity contribution in [2.24, 2.45) is 0 Å². The number of hydrogen-bond donors (Lipinski definition) is 2. The Balaban J connectivity index is 1.89. The molecule has 1 saturated heterocycles. The van der Waals surface area contributed by atoms with Crippen molar-refractivity contribution in [1.82, 2.24) is 5.32 Å². The summed E-state index contributed by atoms with van der Waals surface area (Å²) < 4.78 is 0. The van der Waals surface area contributed by atoms with Crippen molar-refractivity contribution in [3.05, 3.63) is 29.3 Å². The van der Waals surface area contributed by atoms with Gasteiger partial charge in [-0.3, -0.25) is 0 Å². The number of aliphatic hydroxyl groups is 1. The smallest absolute Gasteiger partial charge is 0.0735 e. The van der Waals surface area contributed by atoms with Crippen LogP contribution in [-0.4, -0.2) is 31.3 Å². The molecular formula is C14H20N2O. The molecule has 2 aliphatic rings. The lowest BCUT2D eigenvalue weighted by molar-refractivity contribution is 0.0965. The molecule has 0 saturated carbocycles. The topological polar surface area (TPSA) is 35.5 Å². The summed E-state index contributed by atoms with van der Waals surface area (Å²) in [5.74, 6) is 0. The number of likely N-dealkylation sites (N-methyl/N-ethyl adjacent to an activating group) is 1. The molecule has 0 aliphatic carbocycles. The van der Waals surface area contributed by atoms with Crippen molar-refractivity contribution in [1.29, 1.82) is 0 Å². The number of aliphatic hydroxyl groups excluding tert-OH is 1. The summed E-state index contributed by atoms with van der Waals surface area (Å²) in [6, 6.07) is 6.75. The molecule has 0 radical (unpaired) electrons. The zero-order valence-electron chi connectivity index (χ0n) is 10.3. The zero-order chi connectivity index (χ0) is 11.8. The van der Waals surface area contributed by atoms with Crippen LogP contribution in [0.1, 0.15) is 30.0 Å². The van der Waals surface area contributed by atoms with E-state index in [4.69, 9.17) is 0 Å². The third kappa shape index (κ3) is 1.94. The first-order chi connectivity index (χ1) is 8.25. The third-order valence-corrected chi connectivity index (χ3v) is 4.02. The monoisotopic (exact) mass is 232 g/mol. The summed E-state index contributed by atoms with van der Waals surface area (Å²) in [6.45, 7) is 2.12. The maximum absolute atomic E-state index is 10.0. The van der Waals surface area contributed by atoms with E-state index in [1.54, 1.807) is 0 Å². The summed E-state index contributed by atoms with van der Waals surface area (Å²) in [5.41, 5.74) is 4.01. The molecule has 3 heteroatoms. The van der Waals surface area contributed by atoms with E-state index >= 15 is 0 Å². The maximum Gasteiger partial charge on any atom is 0.0735 e. The fraction of sp³-hybridized carbons (Fsp3) is 0.571. The average molecular weight is 232 g/mol. The number of rotatable bonds is 1. The summed E-state index contributed by atoms with van der Waals surface area (Å²) in [4.78, 5) is 2.30. The van der Waals surface area contributed by atoms with E-state index in [0.717, 1.165) is 32.4 Å².